The van der Waals surface area contributed by atoms with Gasteiger partial charge in [-0.15, -0.1) is 0 Å². The molecule has 1 aromatic carbocycles. The normalized spacial score (nSPS) is 10.2. The van der Waals surface area contributed by atoms with E-state index in [1.807, 2.05) is 6.92 Å². The molecule has 4 heteroatoms. The van der Waals surface area contributed by atoms with Gasteiger partial charge in [0.2, 0.25) is 0 Å². The van der Waals surface area contributed by atoms with E-state index in [4.69, 9.17) is 9.26 Å². The summed E-state index contributed by atoms with van der Waals surface area (Å²) in [5.41, 5.74) is 0.704. The SMILES string of the molecule is Cc1cc(COc2ccccc2O)no1. The number of hydrogen-bond acceptors (Lipinski definition) is 4. The van der Waals surface area contributed by atoms with Crippen LogP contribution < -0.4 is 4.74 Å². The van der Waals surface area contributed by atoms with Gasteiger partial charge in [-0.2, -0.15) is 0 Å². The average Bonchev–Trinajstić information content (AvgIpc) is 2.63. The number of nitrogens with zero attached hydrogens (tertiary/aromatic N) is 1. The number of rotatable bonds is 3. The first-order chi connectivity index (χ1) is 7.25. The second kappa shape index (κ2) is 4.04. The summed E-state index contributed by atoms with van der Waals surface area (Å²) in [6.45, 7) is 2.10. The molecule has 0 radical (unpaired) electrons. The van der Waals surface area contributed by atoms with E-state index in [-0.39, 0.29) is 12.4 Å². The predicted molar refractivity (Wildman–Crippen MR) is 53.7 cm³/mol. The summed E-state index contributed by atoms with van der Waals surface area (Å²) >= 11 is 0. The quantitative estimate of drug-likeness (QED) is 0.835. The molecule has 1 N–H and O–H groups in total. The highest BCUT2D eigenvalue weighted by Crippen LogP contribution is 2.25. The Labute approximate surface area is 87.1 Å². The zero-order valence-electron chi connectivity index (χ0n) is 8.30. The number of phenolic OH excluding ortho intramolecular Hbond substituents is 1. The largest absolute Gasteiger partial charge is 0.504 e. The fraction of sp³-hybridized carbons (Fsp3) is 0.182. The molecule has 0 spiro atoms. The van der Waals surface area contributed by atoms with Crippen molar-refractivity contribution in [1.82, 2.24) is 5.16 Å². The van der Waals surface area contributed by atoms with Crippen LogP contribution in [0.25, 0.3) is 0 Å². The first kappa shape index (κ1) is 9.58. The van der Waals surface area contributed by atoms with Crippen LogP contribution in [-0.4, -0.2) is 10.3 Å². The Bertz CT molecular complexity index is 451. The van der Waals surface area contributed by atoms with Crippen molar-refractivity contribution < 1.29 is 14.4 Å². The molecule has 1 heterocycles. The monoisotopic (exact) mass is 205 g/mol. The average molecular weight is 205 g/mol. The van der Waals surface area contributed by atoms with Crippen molar-refractivity contribution in [2.45, 2.75) is 13.5 Å². The van der Waals surface area contributed by atoms with Crippen LogP contribution in [0.1, 0.15) is 11.5 Å². The lowest BCUT2D eigenvalue weighted by Crippen LogP contribution is -1.95. The summed E-state index contributed by atoms with van der Waals surface area (Å²) in [6.07, 6.45) is 0. The molecule has 0 fully saturated rings. The van der Waals surface area contributed by atoms with Gasteiger partial charge in [0.1, 0.15) is 18.1 Å². The van der Waals surface area contributed by atoms with Crippen molar-refractivity contribution in [3.8, 4) is 11.5 Å². The van der Waals surface area contributed by atoms with Crippen molar-refractivity contribution in [3.63, 3.8) is 0 Å². The maximum atomic E-state index is 9.42. The fourth-order valence-electron chi connectivity index (χ4n) is 1.22. The molecule has 4 nitrogen and oxygen atoms in total. The number of aryl methyl sites for hydroxylation is 1. The van der Waals surface area contributed by atoms with Gasteiger partial charge in [-0.05, 0) is 19.1 Å². The van der Waals surface area contributed by atoms with Crippen LogP contribution in [0.4, 0.5) is 0 Å². The fourth-order valence-corrected chi connectivity index (χ4v) is 1.22. The van der Waals surface area contributed by atoms with Crippen LogP contribution in [0.3, 0.4) is 0 Å². The van der Waals surface area contributed by atoms with E-state index in [1.54, 1.807) is 30.3 Å². The molecule has 0 bridgehead atoms. The molecule has 0 atom stereocenters. The van der Waals surface area contributed by atoms with Gasteiger partial charge >= 0.3 is 0 Å². The first-order valence-corrected chi connectivity index (χ1v) is 4.58. The van der Waals surface area contributed by atoms with Crippen molar-refractivity contribution in [2.75, 3.05) is 0 Å². The number of phenols is 1. The maximum absolute atomic E-state index is 9.42. The number of hydrogen-bond donors (Lipinski definition) is 1. The van der Waals surface area contributed by atoms with Crippen LogP contribution in [0.5, 0.6) is 11.5 Å². The molecule has 0 aliphatic carbocycles. The van der Waals surface area contributed by atoms with Gasteiger partial charge in [0.25, 0.3) is 0 Å². The molecule has 78 valence electrons. The zero-order valence-corrected chi connectivity index (χ0v) is 8.30. The third-order valence-electron chi connectivity index (χ3n) is 1.92. The predicted octanol–water partition coefficient (Wildman–Crippen LogP) is 2.27. The van der Waals surface area contributed by atoms with E-state index in [0.29, 0.717) is 11.4 Å². The molecule has 0 unspecified atom stereocenters. The van der Waals surface area contributed by atoms with E-state index in [9.17, 15) is 5.11 Å². The summed E-state index contributed by atoms with van der Waals surface area (Å²) in [7, 11) is 0. The highest BCUT2D eigenvalue weighted by atomic mass is 16.5. The molecule has 1 aromatic heterocycles. The Kier molecular flexibility index (Phi) is 2.58. The van der Waals surface area contributed by atoms with E-state index in [1.165, 1.54) is 0 Å². The van der Waals surface area contributed by atoms with E-state index in [0.717, 1.165) is 5.76 Å². The second-order valence-electron chi connectivity index (χ2n) is 3.19. The van der Waals surface area contributed by atoms with Crippen molar-refractivity contribution in [2.24, 2.45) is 0 Å². The summed E-state index contributed by atoms with van der Waals surface area (Å²) in [5, 5.41) is 13.2. The third kappa shape index (κ3) is 2.28. The number of ether oxygens (including phenoxy) is 1. The standard InChI is InChI=1S/C11H11NO3/c1-8-6-9(12-15-8)7-14-11-5-3-2-4-10(11)13/h2-6,13H,7H2,1H3. The minimum absolute atomic E-state index is 0.123. The molecule has 2 rings (SSSR count). The third-order valence-corrected chi connectivity index (χ3v) is 1.92. The maximum Gasteiger partial charge on any atom is 0.161 e. The van der Waals surface area contributed by atoms with Gasteiger partial charge in [0.05, 0.1) is 0 Å². The molecular formula is C11H11NO3. The summed E-state index contributed by atoms with van der Waals surface area (Å²) in [5.74, 6) is 1.31. The van der Waals surface area contributed by atoms with Gasteiger partial charge in [-0.25, -0.2) is 0 Å². The Morgan fingerprint density at radius 1 is 1.40 bits per heavy atom. The van der Waals surface area contributed by atoms with Gasteiger partial charge in [0.15, 0.2) is 11.5 Å². The Morgan fingerprint density at radius 3 is 2.87 bits per heavy atom. The highest BCUT2D eigenvalue weighted by molar-refractivity contribution is 5.37. The lowest BCUT2D eigenvalue weighted by Gasteiger charge is -2.04. The van der Waals surface area contributed by atoms with E-state index < -0.39 is 0 Å². The molecule has 0 saturated heterocycles. The minimum Gasteiger partial charge on any atom is -0.504 e. The molecule has 0 amide bonds. The minimum atomic E-state index is 0.123. The van der Waals surface area contributed by atoms with Crippen molar-refractivity contribution >= 4 is 0 Å². The lowest BCUT2D eigenvalue weighted by molar-refractivity contribution is 0.274. The first-order valence-electron chi connectivity index (χ1n) is 4.58. The van der Waals surface area contributed by atoms with Gasteiger partial charge in [-0.3, -0.25) is 0 Å². The number of benzene rings is 1. The summed E-state index contributed by atoms with van der Waals surface area (Å²) < 4.78 is 10.3. The molecule has 0 saturated carbocycles. The highest BCUT2D eigenvalue weighted by Gasteiger charge is 2.03. The Hall–Kier alpha value is -1.97. The zero-order chi connectivity index (χ0) is 10.7. The molecular weight excluding hydrogens is 194 g/mol. The van der Waals surface area contributed by atoms with E-state index >= 15 is 0 Å². The lowest BCUT2D eigenvalue weighted by atomic mass is 10.3. The second-order valence-corrected chi connectivity index (χ2v) is 3.19. The molecule has 15 heavy (non-hydrogen) atoms. The topological polar surface area (TPSA) is 55.5 Å². The number of aromatic nitrogens is 1. The van der Waals surface area contributed by atoms with Crippen LogP contribution in [-0.2, 0) is 6.61 Å². The molecule has 0 aliphatic heterocycles. The van der Waals surface area contributed by atoms with Gasteiger partial charge in [0, 0.05) is 6.07 Å². The molecule has 2 aromatic rings. The Morgan fingerprint density at radius 2 is 2.20 bits per heavy atom. The van der Waals surface area contributed by atoms with Crippen molar-refractivity contribution in [3.05, 3.63) is 41.8 Å². The van der Waals surface area contributed by atoms with Gasteiger partial charge < -0.3 is 14.4 Å². The smallest absolute Gasteiger partial charge is 0.161 e. The van der Waals surface area contributed by atoms with Crippen molar-refractivity contribution in [1.29, 1.82) is 0 Å². The van der Waals surface area contributed by atoms with E-state index in [2.05, 4.69) is 5.16 Å². The summed E-state index contributed by atoms with van der Waals surface area (Å²) in [4.78, 5) is 0. The molecule has 0 aliphatic rings. The Balaban J connectivity index is 2.02. The summed E-state index contributed by atoms with van der Waals surface area (Å²) in [6, 6.07) is 8.59. The van der Waals surface area contributed by atoms with Crippen LogP contribution in [0.2, 0.25) is 0 Å². The van der Waals surface area contributed by atoms with Crippen LogP contribution >= 0.6 is 0 Å². The van der Waals surface area contributed by atoms with Gasteiger partial charge in [-0.1, -0.05) is 17.3 Å². The van der Waals surface area contributed by atoms with Crippen LogP contribution in [0.15, 0.2) is 34.9 Å². The van der Waals surface area contributed by atoms with Crippen LogP contribution in [0, 0.1) is 6.92 Å². The number of aromatic hydroxyl groups is 1. The number of para-hydroxylation sites is 2.